The van der Waals surface area contributed by atoms with E-state index in [4.69, 9.17) is 0 Å². The molecule has 0 saturated carbocycles. The highest BCUT2D eigenvalue weighted by atomic mass is 32.2. The lowest BCUT2D eigenvalue weighted by atomic mass is 9.81. The van der Waals surface area contributed by atoms with Crippen molar-refractivity contribution in [2.75, 3.05) is 37.7 Å². The fourth-order valence-electron chi connectivity index (χ4n) is 4.54. The smallest absolute Gasteiger partial charge is 0.325 e. The van der Waals surface area contributed by atoms with Crippen LogP contribution in [-0.4, -0.2) is 68.1 Å². The molecular weight excluding hydrogens is 393 g/mol. The van der Waals surface area contributed by atoms with Crippen LogP contribution in [0.25, 0.3) is 0 Å². The van der Waals surface area contributed by atoms with Crippen molar-refractivity contribution in [3.63, 3.8) is 0 Å². The molecule has 3 saturated heterocycles. The van der Waals surface area contributed by atoms with Gasteiger partial charge in [0.25, 0.3) is 0 Å². The van der Waals surface area contributed by atoms with Crippen LogP contribution in [0.1, 0.15) is 29.9 Å². The van der Waals surface area contributed by atoms with E-state index < -0.39 is 22.4 Å². The second-order valence-electron chi connectivity index (χ2n) is 8.44. The number of carbonyl (C=O) groups is 1. The average molecular weight is 416 g/mol. The number of alkyl halides is 3. The molecule has 0 bridgehead atoms. The third-order valence-corrected chi connectivity index (χ3v) is 8.26. The molecule has 1 aromatic rings. The van der Waals surface area contributed by atoms with Crippen molar-refractivity contribution < 1.29 is 26.4 Å². The van der Waals surface area contributed by atoms with Gasteiger partial charge in [-0.3, -0.25) is 0 Å². The van der Waals surface area contributed by atoms with Gasteiger partial charge in [-0.05, 0) is 24.0 Å². The summed E-state index contributed by atoms with van der Waals surface area (Å²) in [6, 6.07) is 6.42. The van der Waals surface area contributed by atoms with Gasteiger partial charge in [-0.15, -0.1) is 0 Å². The van der Waals surface area contributed by atoms with E-state index in [2.05, 4.69) is 0 Å². The SMILES string of the molecule is O=C(N1CCC2(CC1)CS(=O)(=O)C2)N1CC(c2ccc(CC(F)(F)F)cc2)C1. The topological polar surface area (TPSA) is 57.7 Å². The summed E-state index contributed by atoms with van der Waals surface area (Å²) in [7, 11) is -2.86. The van der Waals surface area contributed by atoms with E-state index in [0.717, 1.165) is 18.4 Å². The van der Waals surface area contributed by atoms with E-state index in [1.807, 2.05) is 0 Å². The molecule has 154 valence electrons. The molecule has 1 spiro atoms. The van der Waals surface area contributed by atoms with Crippen LogP contribution < -0.4 is 0 Å². The number of rotatable bonds is 2. The minimum atomic E-state index is -4.21. The Bertz CT molecular complexity index is 839. The fourth-order valence-corrected chi connectivity index (χ4v) is 6.90. The fraction of sp³-hybridized carbons (Fsp3) is 0.632. The number of piperidine rings is 1. The Morgan fingerprint density at radius 3 is 2.11 bits per heavy atom. The summed E-state index contributed by atoms with van der Waals surface area (Å²) in [5.74, 6) is 0.646. The highest BCUT2D eigenvalue weighted by molar-refractivity contribution is 7.92. The van der Waals surface area contributed by atoms with Gasteiger partial charge in [0.15, 0.2) is 9.84 Å². The molecule has 9 heteroatoms. The molecule has 0 atom stereocenters. The molecule has 0 radical (unpaired) electrons. The second-order valence-corrected chi connectivity index (χ2v) is 10.5. The summed E-state index contributed by atoms with van der Waals surface area (Å²) in [5, 5.41) is 0. The standard InChI is InChI=1S/C19H23F3N2O3S/c20-19(21,22)9-14-1-3-15(4-2-14)16-10-24(11-16)17(25)23-7-5-18(6-8-23)12-28(26,27)13-18/h1-4,16H,5-13H2. The first-order chi connectivity index (χ1) is 13.0. The van der Waals surface area contributed by atoms with Crippen LogP contribution in [0.4, 0.5) is 18.0 Å². The van der Waals surface area contributed by atoms with E-state index in [1.165, 1.54) is 12.1 Å². The van der Waals surface area contributed by atoms with Gasteiger partial charge in [0.1, 0.15) is 0 Å². The Morgan fingerprint density at radius 2 is 1.61 bits per heavy atom. The molecule has 0 N–H and O–H groups in total. The van der Waals surface area contributed by atoms with Gasteiger partial charge in [-0.2, -0.15) is 13.2 Å². The highest BCUT2D eigenvalue weighted by Gasteiger charge is 2.50. The molecule has 4 rings (SSSR count). The Kier molecular flexibility index (Phi) is 4.63. The number of urea groups is 1. The zero-order valence-electron chi connectivity index (χ0n) is 15.4. The van der Waals surface area contributed by atoms with E-state index >= 15 is 0 Å². The molecule has 2 amide bonds. The van der Waals surface area contributed by atoms with Crippen molar-refractivity contribution in [1.82, 2.24) is 9.80 Å². The molecule has 3 heterocycles. The third-order valence-electron chi connectivity index (χ3n) is 6.15. The Morgan fingerprint density at radius 1 is 1.04 bits per heavy atom. The quantitative estimate of drug-likeness (QED) is 0.745. The summed E-state index contributed by atoms with van der Waals surface area (Å²) in [5.41, 5.74) is 1.07. The molecule has 1 aromatic carbocycles. The summed E-state index contributed by atoms with van der Waals surface area (Å²) in [4.78, 5) is 16.2. The number of likely N-dealkylation sites (tertiary alicyclic amines) is 2. The van der Waals surface area contributed by atoms with Crippen molar-refractivity contribution in [2.45, 2.75) is 31.4 Å². The van der Waals surface area contributed by atoms with Crippen molar-refractivity contribution in [3.05, 3.63) is 35.4 Å². The van der Waals surface area contributed by atoms with Gasteiger partial charge in [0.05, 0.1) is 17.9 Å². The van der Waals surface area contributed by atoms with Gasteiger partial charge in [0.2, 0.25) is 0 Å². The molecule has 28 heavy (non-hydrogen) atoms. The zero-order valence-corrected chi connectivity index (χ0v) is 16.2. The van der Waals surface area contributed by atoms with Crippen LogP contribution >= 0.6 is 0 Å². The molecular formula is C19H23F3N2O3S. The van der Waals surface area contributed by atoms with Crippen LogP contribution in [0.3, 0.4) is 0 Å². The Balaban J connectivity index is 1.26. The first kappa shape index (κ1) is 19.5. The number of nitrogens with zero attached hydrogens (tertiary/aromatic N) is 2. The van der Waals surface area contributed by atoms with Gasteiger partial charge < -0.3 is 9.80 Å². The number of benzene rings is 1. The van der Waals surface area contributed by atoms with E-state index in [1.54, 1.807) is 21.9 Å². The Hall–Kier alpha value is -1.77. The van der Waals surface area contributed by atoms with E-state index in [-0.39, 0.29) is 34.4 Å². The summed E-state index contributed by atoms with van der Waals surface area (Å²) >= 11 is 0. The van der Waals surface area contributed by atoms with Gasteiger partial charge in [-0.25, -0.2) is 13.2 Å². The number of carbonyl (C=O) groups excluding carboxylic acids is 1. The number of sulfone groups is 1. The zero-order chi connectivity index (χ0) is 20.2. The van der Waals surface area contributed by atoms with Crippen molar-refractivity contribution >= 4 is 15.9 Å². The van der Waals surface area contributed by atoms with Gasteiger partial charge in [-0.1, -0.05) is 24.3 Å². The molecule has 3 fully saturated rings. The van der Waals surface area contributed by atoms with Crippen molar-refractivity contribution in [3.8, 4) is 0 Å². The first-order valence-corrected chi connectivity index (χ1v) is 11.3. The number of halogens is 3. The van der Waals surface area contributed by atoms with Gasteiger partial charge >= 0.3 is 12.2 Å². The molecule has 0 aliphatic carbocycles. The second kappa shape index (κ2) is 6.64. The number of amides is 2. The monoisotopic (exact) mass is 416 g/mol. The third kappa shape index (κ3) is 3.99. The molecule has 5 nitrogen and oxygen atoms in total. The lowest BCUT2D eigenvalue weighted by molar-refractivity contribution is -0.127. The average Bonchev–Trinajstić information content (AvgIpc) is 2.52. The van der Waals surface area contributed by atoms with Crippen molar-refractivity contribution in [1.29, 1.82) is 0 Å². The van der Waals surface area contributed by atoms with Crippen LogP contribution in [-0.2, 0) is 16.3 Å². The minimum Gasteiger partial charge on any atom is -0.325 e. The van der Waals surface area contributed by atoms with E-state index in [9.17, 15) is 26.4 Å². The minimum absolute atomic E-state index is 0.0260. The number of hydrogen-bond donors (Lipinski definition) is 0. The maximum absolute atomic E-state index is 12.6. The van der Waals surface area contributed by atoms with E-state index in [0.29, 0.717) is 26.2 Å². The van der Waals surface area contributed by atoms with Crippen molar-refractivity contribution in [2.24, 2.45) is 5.41 Å². The molecule has 0 unspecified atom stereocenters. The maximum atomic E-state index is 12.6. The van der Waals surface area contributed by atoms with Crippen LogP contribution in [0.5, 0.6) is 0 Å². The summed E-state index contributed by atoms with van der Waals surface area (Å²) in [6.07, 6.45) is -3.68. The Labute approximate surface area is 162 Å². The predicted octanol–water partition coefficient (Wildman–Crippen LogP) is 2.82. The summed E-state index contributed by atoms with van der Waals surface area (Å²) in [6.45, 7) is 2.30. The number of hydrogen-bond acceptors (Lipinski definition) is 3. The van der Waals surface area contributed by atoms with Crippen LogP contribution in [0, 0.1) is 5.41 Å². The molecule has 0 aromatic heterocycles. The van der Waals surface area contributed by atoms with Crippen LogP contribution in [0.2, 0.25) is 0 Å². The molecule has 3 aliphatic rings. The van der Waals surface area contributed by atoms with Gasteiger partial charge in [0, 0.05) is 37.5 Å². The normalized spacial score (nSPS) is 24.0. The largest absolute Gasteiger partial charge is 0.393 e. The first-order valence-electron chi connectivity index (χ1n) is 9.44. The maximum Gasteiger partial charge on any atom is 0.393 e. The lowest BCUT2D eigenvalue weighted by Crippen LogP contribution is -2.59. The highest BCUT2D eigenvalue weighted by Crippen LogP contribution is 2.42. The lowest BCUT2D eigenvalue weighted by Gasteiger charge is -2.49. The van der Waals surface area contributed by atoms with Crippen LogP contribution in [0.15, 0.2) is 24.3 Å². The summed E-state index contributed by atoms with van der Waals surface area (Å²) < 4.78 is 60.2. The predicted molar refractivity (Wildman–Crippen MR) is 97.8 cm³/mol. The molecule has 3 aliphatic heterocycles.